The third-order valence-electron chi connectivity index (χ3n) is 3.12. The standard InChI is InChI=1S/C18H15ClINO2/c1-3-23-17-10-12(9-16(20)18(17)22-2)8-14(11-21)13-4-6-15(19)7-5-13/h4-10H,3H2,1-2H3/b14-8-. The van der Waals surface area contributed by atoms with Crippen molar-refractivity contribution in [2.24, 2.45) is 0 Å². The molecule has 0 unspecified atom stereocenters. The van der Waals surface area contributed by atoms with Crippen LogP contribution in [-0.2, 0) is 0 Å². The normalized spacial score (nSPS) is 11.0. The molecule has 0 aliphatic rings. The van der Waals surface area contributed by atoms with Crippen LogP contribution in [0.2, 0.25) is 5.02 Å². The van der Waals surface area contributed by atoms with Gasteiger partial charge in [0.05, 0.1) is 28.9 Å². The van der Waals surface area contributed by atoms with Gasteiger partial charge in [-0.15, -0.1) is 0 Å². The molecule has 0 aliphatic carbocycles. The number of halogens is 2. The van der Waals surface area contributed by atoms with Gasteiger partial charge in [-0.1, -0.05) is 23.7 Å². The van der Waals surface area contributed by atoms with Gasteiger partial charge in [0.15, 0.2) is 11.5 Å². The summed E-state index contributed by atoms with van der Waals surface area (Å²) >= 11 is 8.09. The summed E-state index contributed by atoms with van der Waals surface area (Å²) in [5.41, 5.74) is 2.26. The SMILES string of the molecule is CCOc1cc(/C=C(/C#N)c2ccc(Cl)cc2)cc(I)c1OC. The smallest absolute Gasteiger partial charge is 0.174 e. The molecule has 2 aromatic rings. The lowest BCUT2D eigenvalue weighted by Crippen LogP contribution is -1.98. The number of ether oxygens (including phenoxy) is 2. The number of benzene rings is 2. The summed E-state index contributed by atoms with van der Waals surface area (Å²) in [6, 6.07) is 13.3. The molecule has 0 saturated heterocycles. The highest BCUT2D eigenvalue weighted by Crippen LogP contribution is 2.35. The van der Waals surface area contributed by atoms with Crippen LogP contribution in [0.5, 0.6) is 11.5 Å². The van der Waals surface area contributed by atoms with Crippen molar-refractivity contribution in [3.05, 3.63) is 56.1 Å². The highest BCUT2D eigenvalue weighted by atomic mass is 127. The van der Waals surface area contributed by atoms with E-state index in [4.69, 9.17) is 21.1 Å². The van der Waals surface area contributed by atoms with Crippen molar-refractivity contribution in [2.75, 3.05) is 13.7 Å². The molecule has 0 atom stereocenters. The van der Waals surface area contributed by atoms with Crippen molar-refractivity contribution >= 4 is 45.8 Å². The maximum Gasteiger partial charge on any atom is 0.174 e. The second kappa shape index (κ2) is 8.23. The van der Waals surface area contributed by atoms with Gasteiger partial charge in [0.25, 0.3) is 0 Å². The summed E-state index contributed by atoms with van der Waals surface area (Å²) in [5, 5.41) is 10.1. The summed E-state index contributed by atoms with van der Waals surface area (Å²) in [7, 11) is 1.62. The fourth-order valence-corrected chi connectivity index (χ4v) is 3.08. The Balaban J connectivity index is 2.48. The Morgan fingerprint density at radius 3 is 2.57 bits per heavy atom. The summed E-state index contributed by atoms with van der Waals surface area (Å²) in [4.78, 5) is 0. The van der Waals surface area contributed by atoms with Gasteiger partial charge in [0, 0.05) is 5.02 Å². The second-order valence-electron chi connectivity index (χ2n) is 4.64. The van der Waals surface area contributed by atoms with Gasteiger partial charge >= 0.3 is 0 Å². The lowest BCUT2D eigenvalue weighted by Gasteiger charge is -2.12. The van der Waals surface area contributed by atoms with Crippen LogP contribution in [0.25, 0.3) is 11.6 Å². The summed E-state index contributed by atoms with van der Waals surface area (Å²) in [6.07, 6.45) is 1.83. The molecule has 3 nitrogen and oxygen atoms in total. The Bertz CT molecular complexity index is 764. The molecule has 0 aromatic heterocycles. The van der Waals surface area contributed by atoms with Crippen molar-refractivity contribution in [3.63, 3.8) is 0 Å². The molecule has 2 aromatic carbocycles. The van der Waals surface area contributed by atoms with E-state index in [2.05, 4.69) is 28.7 Å². The Morgan fingerprint density at radius 1 is 1.30 bits per heavy atom. The zero-order valence-electron chi connectivity index (χ0n) is 12.8. The van der Waals surface area contributed by atoms with Crippen LogP contribution in [0, 0.1) is 14.9 Å². The molecule has 0 spiro atoms. The van der Waals surface area contributed by atoms with E-state index in [0.717, 1.165) is 14.7 Å². The lowest BCUT2D eigenvalue weighted by atomic mass is 10.0. The largest absolute Gasteiger partial charge is 0.492 e. The fourth-order valence-electron chi connectivity index (χ4n) is 2.11. The first kappa shape index (κ1) is 17.6. The van der Waals surface area contributed by atoms with E-state index in [1.54, 1.807) is 19.2 Å². The summed E-state index contributed by atoms with van der Waals surface area (Å²) in [6.45, 7) is 2.46. The highest BCUT2D eigenvalue weighted by Gasteiger charge is 2.11. The monoisotopic (exact) mass is 439 g/mol. The lowest BCUT2D eigenvalue weighted by molar-refractivity contribution is 0.309. The molecule has 0 bridgehead atoms. The molecule has 0 N–H and O–H groups in total. The third-order valence-corrected chi connectivity index (χ3v) is 4.18. The van der Waals surface area contributed by atoms with Crippen LogP contribution in [0.15, 0.2) is 36.4 Å². The molecular weight excluding hydrogens is 425 g/mol. The number of allylic oxidation sites excluding steroid dienone is 1. The minimum atomic E-state index is 0.544. The number of methoxy groups -OCH3 is 1. The van der Waals surface area contributed by atoms with Gasteiger partial charge in [-0.3, -0.25) is 0 Å². The van der Waals surface area contributed by atoms with Crippen LogP contribution in [0.3, 0.4) is 0 Å². The van der Waals surface area contributed by atoms with Crippen molar-refractivity contribution in [1.29, 1.82) is 5.26 Å². The maximum atomic E-state index is 9.44. The predicted molar refractivity (Wildman–Crippen MR) is 102 cm³/mol. The first-order valence-corrected chi connectivity index (χ1v) is 8.42. The van der Waals surface area contributed by atoms with Gasteiger partial charge in [0.1, 0.15) is 0 Å². The van der Waals surface area contributed by atoms with Crippen molar-refractivity contribution < 1.29 is 9.47 Å². The van der Waals surface area contributed by atoms with Crippen molar-refractivity contribution in [3.8, 4) is 17.6 Å². The minimum Gasteiger partial charge on any atom is -0.492 e. The van der Waals surface area contributed by atoms with Gasteiger partial charge in [-0.25, -0.2) is 0 Å². The van der Waals surface area contributed by atoms with E-state index in [1.807, 2.05) is 37.3 Å². The Labute approximate surface area is 154 Å². The molecule has 5 heteroatoms. The predicted octanol–water partition coefficient (Wildman–Crippen LogP) is 5.42. The van der Waals surface area contributed by atoms with E-state index in [-0.39, 0.29) is 0 Å². The van der Waals surface area contributed by atoms with E-state index >= 15 is 0 Å². The zero-order valence-corrected chi connectivity index (χ0v) is 15.7. The molecule has 0 radical (unpaired) electrons. The Morgan fingerprint density at radius 2 is 2.00 bits per heavy atom. The molecule has 0 saturated carbocycles. The number of hydrogen-bond donors (Lipinski definition) is 0. The Hall–Kier alpha value is -1.71. The highest BCUT2D eigenvalue weighted by molar-refractivity contribution is 14.1. The number of nitriles is 1. The van der Waals surface area contributed by atoms with E-state index in [0.29, 0.717) is 28.7 Å². The molecular formula is C18H15ClINO2. The molecule has 23 heavy (non-hydrogen) atoms. The van der Waals surface area contributed by atoms with E-state index in [9.17, 15) is 5.26 Å². The third kappa shape index (κ3) is 4.40. The molecule has 0 aliphatic heterocycles. The van der Waals surface area contributed by atoms with Crippen molar-refractivity contribution in [1.82, 2.24) is 0 Å². The molecule has 0 fully saturated rings. The number of nitrogens with zero attached hydrogens (tertiary/aromatic N) is 1. The van der Waals surface area contributed by atoms with E-state index < -0.39 is 0 Å². The van der Waals surface area contributed by atoms with Crippen LogP contribution >= 0.6 is 34.2 Å². The van der Waals surface area contributed by atoms with Gasteiger partial charge in [0.2, 0.25) is 0 Å². The quantitative estimate of drug-likeness (QED) is 0.355. The molecule has 118 valence electrons. The Kier molecular flexibility index (Phi) is 6.31. The summed E-state index contributed by atoms with van der Waals surface area (Å²) < 4.78 is 11.9. The minimum absolute atomic E-state index is 0.544. The second-order valence-corrected chi connectivity index (χ2v) is 6.24. The molecule has 0 heterocycles. The van der Waals surface area contributed by atoms with Crippen LogP contribution in [0.1, 0.15) is 18.1 Å². The molecule has 0 amide bonds. The number of hydrogen-bond acceptors (Lipinski definition) is 3. The van der Waals surface area contributed by atoms with Gasteiger partial charge < -0.3 is 9.47 Å². The van der Waals surface area contributed by atoms with Crippen LogP contribution in [-0.4, -0.2) is 13.7 Å². The van der Waals surface area contributed by atoms with E-state index in [1.165, 1.54) is 0 Å². The van der Waals surface area contributed by atoms with Crippen LogP contribution in [0.4, 0.5) is 0 Å². The average molecular weight is 440 g/mol. The first-order valence-electron chi connectivity index (χ1n) is 6.97. The average Bonchev–Trinajstić information content (AvgIpc) is 2.54. The van der Waals surface area contributed by atoms with Crippen LogP contribution < -0.4 is 9.47 Å². The zero-order chi connectivity index (χ0) is 16.8. The van der Waals surface area contributed by atoms with Crippen molar-refractivity contribution in [2.45, 2.75) is 6.92 Å². The van der Waals surface area contributed by atoms with Gasteiger partial charge in [-0.2, -0.15) is 5.26 Å². The fraction of sp³-hybridized carbons (Fsp3) is 0.167. The topological polar surface area (TPSA) is 42.2 Å². The van der Waals surface area contributed by atoms with Gasteiger partial charge in [-0.05, 0) is 71.0 Å². The maximum absolute atomic E-state index is 9.44. The first-order chi connectivity index (χ1) is 11.1. The number of rotatable bonds is 5. The summed E-state index contributed by atoms with van der Waals surface area (Å²) in [5.74, 6) is 1.37. The molecule has 2 rings (SSSR count).